The molecule has 0 radical (unpaired) electrons. The lowest BCUT2D eigenvalue weighted by atomic mass is 10.2. The molecule has 5 heterocycles. The molecule has 1 aliphatic heterocycles. The fraction of sp³-hybridized carbons (Fsp3) is 0.0714. The van der Waals surface area contributed by atoms with Gasteiger partial charge in [0.1, 0.15) is 0 Å². The van der Waals surface area contributed by atoms with Crippen LogP contribution >= 0.6 is 0 Å². The third kappa shape index (κ3) is 1.03. The molecule has 0 fully saturated rings. The van der Waals surface area contributed by atoms with E-state index in [1.54, 1.807) is 12.4 Å². The Bertz CT molecular complexity index is 952. The largest absolute Gasteiger partial charge is 0.423 e. The van der Waals surface area contributed by atoms with E-state index in [9.17, 15) is 0 Å². The van der Waals surface area contributed by atoms with Crippen molar-refractivity contribution in [3.8, 4) is 11.5 Å². The Labute approximate surface area is 107 Å². The Morgan fingerprint density at radius 3 is 3.16 bits per heavy atom. The summed E-state index contributed by atoms with van der Waals surface area (Å²) in [5, 5.41) is 0. The minimum absolute atomic E-state index is 0.716. The number of oxazole rings is 1. The van der Waals surface area contributed by atoms with Gasteiger partial charge in [-0.3, -0.25) is 4.98 Å². The Kier molecular flexibility index (Phi) is 1.46. The zero-order valence-electron chi connectivity index (χ0n) is 9.83. The lowest BCUT2D eigenvalue weighted by Gasteiger charge is -1.88. The van der Waals surface area contributed by atoms with Gasteiger partial charge in [-0.05, 0) is 18.2 Å². The molecule has 4 aromatic rings. The molecule has 19 heavy (non-hydrogen) atoms. The van der Waals surface area contributed by atoms with Gasteiger partial charge in [0.15, 0.2) is 17.6 Å². The van der Waals surface area contributed by atoms with E-state index in [4.69, 9.17) is 8.83 Å². The standard InChI is InChI=1S/C14H8N3O2/c1-2-10-11(16-4-1)12-14(18-10)17-7-8-6-15-5-3-9(8)13(17)19-12/h1-6H,7H2/q+1. The molecule has 0 atom stereocenters. The molecule has 5 nitrogen and oxygen atoms in total. The molecule has 90 valence electrons. The molecule has 5 heteroatoms. The number of rotatable bonds is 0. The van der Waals surface area contributed by atoms with Crippen LogP contribution in [0.4, 0.5) is 0 Å². The molecule has 4 aromatic heterocycles. The molecule has 0 amide bonds. The van der Waals surface area contributed by atoms with Crippen LogP contribution in [0, 0.1) is 0 Å². The highest BCUT2D eigenvalue weighted by molar-refractivity contribution is 5.96. The van der Waals surface area contributed by atoms with Crippen molar-refractivity contribution in [3.05, 3.63) is 42.4 Å². The topological polar surface area (TPSA) is 55.9 Å². The Hall–Kier alpha value is -2.69. The molecule has 0 unspecified atom stereocenters. The van der Waals surface area contributed by atoms with Crippen LogP contribution in [0.1, 0.15) is 5.56 Å². The maximum Gasteiger partial charge on any atom is 0.423 e. The van der Waals surface area contributed by atoms with E-state index in [1.807, 2.05) is 29.0 Å². The van der Waals surface area contributed by atoms with Crippen LogP contribution in [0.3, 0.4) is 0 Å². The van der Waals surface area contributed by atoms with Gasteiger partial charge in [0.25, 0.3) is 5.58 Å². The Morgan fingerprint density at radius 2 is 2.16 bits per heavy atom. The van der Waals surface area contributed by atoms with Crippen molar-refractivity contribution >= 4 is 22.4 Å². The maximum atomic E-state index is 5.97. The molecule has 5 rings (SSSR count). The number of pyridine rings is 2. The summed E-state index contributed by atoms with van der Waals surface area (Å²) in [6, 6.07) is 5.72. The summed E-state index contributed by atoms with van der Waals surface area (Å²) in [5.41, 5.74) is 5.20. The predicted molar refractivity (Wildman–Crippen MR) is 66.3 cm³/mol. The van der Waals surface area contributed by atoms with Crippen molar-refractivity contribution in [1.29, 1.82) is 0 Å². The van der Waals surface area contributed by atoms with Crippen LogP contribution in [-0.2, 0) is 6.54 Å². The second-order valence-electron chi connectivity index (χ2n) is 4.61. The number of hydrogen-bond acceptors (Lipinski definition) is 4. The van der Waals surface area contributed by atoms with E-state index in [1.165, 1.54) is 0 Å². The van der Waals surface area contributed by atoms with Crippen molar-refractivity contribution in [1.82, 2.24) is 9.97 Å². The average Bonchev–Trinajstić information content (AvgIpc) is 3.07. The van der Waals surface area contributed by atoms with Gasteiger partial charge in [-0.25, -0.2) is 4.98 Å². The highest BCUT2D eigenvalue weighted by Crippen LogP contribution is 2.34. The lowest BCUT2D eigenvalue weighted by Crippen LogP contribution is -2.30. The quantitative estimate of drug-likeness (QED) is 0.396. The van der Waals surface area contributed by atoms with Crippen LogP contribution in [0.5, 0.6) is 0 Å². The van der Waals surface area contributed by atoms with E-state index in [0.29, 0.717) is 5.58 Å². The zero-order chi connectivity index (χ0) is 12.4. The Morgan fingerprint density at radius 1 is 1.16 bits per heavy atom. The molecule has 1 aliphatic rings. The van der Waals surface area contributed by atoms with Gasteiger partial charge in [0, 0.05) is 18.6 Å². The van der Waals surface area contributed by atoms with E-state index < -0.39 is 0 Å². The molecule has 0 saturated carbocycles. The van der Waals surface area contributed by atoms with Crippen molar-refractivity contribution in [2.45, 2.75) is 6.54 Å². The summed E-state index contributed by atoms with van der Waals surface area (Å²) in [6.07, 6.45) is 5.38. The second-order valence-corrected chi connectivity index (χ2v) is 4.61. The van der Waals surface area contributed by atoms with Crippen molar-refractivity contribution in [3.63, 3.8) is 0 Å². The number of aromatic nitrogens is 3. The molecule has 0 aliphatic carbocycles. The SMILES string of the molecule is c1cnc2c(c1)oc1c2oc2[n+]1Cc1cnccc1-2. The van der Waals surface area contributed by atoms with Crippen LogP contribution in [0.2, 0.25) is 0 Å². The summed E-state index contributed by atoms with van der Waals surface area (Å²) in [4.78, 5) is 8.47. The number of hydrogen-bond donors (Lipinski definition) is 0. The minimum atomic E-state index is 0.716. The monoisotopic (exact) mass is 250 g/mol. The number of fused-ring (bicyclic) bond motifs is 7. The van der Waals surface area contributed by atoms with E-state index in [0.717, 1.165) is 40.4 Å². The van der Waals surface area contributed by atoms with Crippen LogP contribution < -0.4 is 4.57 Å². The average molecular weight is 250 g/mol. The molecule has 0 aromatic carbocycles. The predicted octanol–water partition coefficient (Wildman–Crippen LogP) is 2.29. The Balaban J connectivity index is 1.93. The number of furan rings is 1. The normalized spacial score (nSPS) is 13.1. The van der Waals surface area contributed by atoms with E-state index in [2.05, 4.69) is 9.97 Å². The lowest BCUT2D eigenvalue weighted by molar-refractivity contribution is -0.655. The zero-order valence-corrected chi connectivity index (χ0v) is 9.83. The molecular formula is C14H8N3O2+. The molecule has 0 N–H and O–H groups in total. The van der Waals surface area contributed by atoms with Crippen molar-refractivity contribution < 1.29 is 13.4 Å². The minimum Gasteiger partial charge on any atom is -0.400 e. The second kappa shape index (κ2) is 3.00. The summed E-state index contributed by atoms with van der Waals surface area (Å²) in [7, 11) is 0. The van der Waals surface area contributed by atoms with Crippen LogP contribution in [0.25, 0.3) is 33.9 Å². The van der Waals surface area contributed by atoms with Gasteiger partial charge in [0.2, 0.25) is 0 Å². The molecule has 0 spiro atoms. The van der Waals surface area contributed by atoms with Crippen molar-refractivity contribution in [2.75, 3.05) is 0 Å². The first-order valence-electron chi connectivity index (χ1n) is 6.05. The van der Waals surface area contributed by atoms with Crippen molar-refractivity contribution in [2.24, 2.45) is 0 Å². The molecule has 0 bridgehead atoms. The van der Waals surface area contributed by atoms with Gasteiger partial charge in [0.05, 0.1) is 11.1 Å². The van der Waals surface area contributed by atoms with Gasteiger partial charge in [-0.15, -0.1) is 4.57 Å². The number of nitrogens with zero attached hydrogens (tertiary/aromatic N) is 3. The summed E-state index contributed by atoms with van der Waals surface area (Å²) >= 11 is 0. The summed E-state index contributed by atoms with van der Waals surface area (Å²) < 4.78 is 13.9. The first-order chi connectivity index (χ1) is 9.42. The molecular weight excluding hydrogens is 242 g/mol. The van der Waals surface area contributed by atoms with Gasteiger partial charge < -0.3 is 8.83 Å². The van der Waals surface area contributed by atoms with Crippen LogP contribution in [0.15, 0.2) is 45.6 Å². The molecule has 0 saturated heterocycles. The van der Waals surface area contributed by atoms with Gasteiger partial charge >= 0.3 is 11.6 Å². The van der Waals surface area contributed by atoms with Crippen LogP contribution in [-0.4, -0.2) is 9.97 Å². The smallest absolute Gasteiger partial charge is 0.400 e. The summed E-state index contributed by atoms with van der Waals surface area (Å²) in [6.45, 7) is 0.728. The van der Waals surface area contributed by atoms with E-state index >= 15 is 0 Å². The highest BCUT2D eigenvalue weighted by atomic mass is 16.4. The first-order valence-corrected chi connectivity index (χ1v) is 6.05. The van der Waals surface area contributed by atoms with Gasteiger partial charge in [-0.2, -0.15) is 0 Å². The third-order valence-electron chi connectivity index (χ3n) is 3.54. The van der Waals surface area contributed by atoms with E-state index in [-0.39, 0.29) is 0 Å². The highest BCUT2D eigenvalue weighted by Gasteiger charge is 2.37. The third-order valence-corrected chi connectivity index (χ3v) is 3.54. The maximum absolute atomic E-state index is 5.97. The first kappa shape index (κ1) is 9.27. The summed E-state index contributed by atoms with van der Waals surface area (Å²) in [5.74, 6) is 0.818. The fourth-order valence-corrected chi connectivity index (χ4v) is 2.69. The van der Waals surface area contributed by atoms with Gasteiger partial charge in [-0.1, -0.05) is 0 Å². The fourth-order valence-electron chi connectivity index (χ4n) is 2.69.